The van der Waals surface area contributed by atoms with Gasteiger partial charge in [0.15, 0.2) is 0 Å². The summed E-state index contributed by atoms with van der Waals surface area (Å²) in [5.74, 6) is 0. The van der Waals surface area contributed by atoms with E-state index in [1.54, 1.807) is 0 Å². The molecule has 2 nitrogen and oxygen atoms in total. The molecule has 1 unspecified atom stereocenters. The number of rotatable bonds is 4. The van der Waals surface area contributed by atoms with Gasteiger partial charge in [-0.2, -0.15) is 0 Å². The van der Waals surface area contributed by atoms with Crippen LogP contribution in [0.2, 0.25) is 0 Å². The minimum Gasteiger partial charge on any atom is -0.389 e. The molecule has 2 heteroatoms. The number of ether oxygens (including phenoxy) is 1. The largest absolute Gasteiger partial charge is 0.389 e. The molecule has 0 amide bonds. The topological polar surface area (TPSA) is 29.5 Å². The minimum absolute atomic E-state index is 0.355. The smallest absolute Gasteiger partial charge is 0.0747 e. The van der Waals surface area contributed by atoms with Crippen LogP contribution in [0.1, 0.15) is 19.8 Å². The molecule has 0 saturated carbocycles. The van der Waals surface area contributed by atoms with Gasteiger partial charge in [0.1, 0.15) is 0 Å². The average molecular weight is 168 g/mol. The fraction of sp³-hybridized carbons (Fsp3) is 0.600. The molecule has 1 N–H and O–H groups in total. The monoisotopic (exact) mass is 168 g/mol. The van der Waals surface area contributed by atoms with Crippen LogP contribution >= 0.6 is 0 Å². The van der Waals surface area contributed by atoms with E-state index in [4.69, 9.17) is 4.74 Å². The molecule has 0 saturated heterocycles. The van der Waals surface area contributed by atoms with Crippen molar-refractivity contribution in [2.75, 3.05) is 13.2 Å². The summed E-state index contributed by atoms with van der Waals surface area (Å²) in [5, 5.41) is 9.42. The third kappa shape index (κ3) is 2.80. The van der Waals surface area contributed by atoms with E-state index in [1.165, 1.54) is 5.57 Å². The third-order valence-electron chi connectivity index (χ3n) is 2.09. The molecule has 12 heavy (non-hydrogen) atoms. The summed E-state index contributed by atoms with van der Waals surface area (Å²) in [4.78, 5) is 0. The fourth-order valence-electron chi connectivity index (χ4n) is 1.17. The molecule has 0 aromatic carbocycles. The van der Waals surface area contributed by atoms with Crippen LogP contribution < -0.4 is 0 Å². The van der Waals surface area contributed by atoms with Gasteiger partial charge >= 0.3 is 0 Å². The van der Waals surface area contributed by atoms with Crippen LogP contribution in [0.4, 0.5) is 0 Å². The van der Waals surface area contributed by atoms with Crippen LogP contribution in [-0.2, 0) is 4.74 Å². The second-order valence-corrected chi connectivity index (χ2v) is 3.28. The highest BCUT2D eigenvalue weighted by atomic mass is 16.5. The Labute approximate surface area is 73.5 Å². The van der Waals surface area contributed by atoms with E-state index in [1.807, 2.05) is 6.92 Å². The van der Waals surface area contributed by atoms with Crippen molar-refractivity contribution in [2.45, 2.75) is 25.9 Å². The van der Waals surface area contributed by atoms with Crippen molar-refractivity contribution in [3.8, 4) is 0 Å². The van der Waals surface area contributed by atoms with Crippen molar-refractivity contribution in [2.24, 2.45) is 0 Å². The predicted molar refractivity (Wildman–Crippen MR) is 49.0 cm³/mol. The molecule has 1 aliphatic rings. The zero-order valence-corrected chi connectivity index (χ0v) is 7.55. The molecule has 0 aromatic heterocycles. The van der Waals surface area contributed by atoms with E-state index in [0.29, 0.717) is 0 Å². The summed E-state index contributed by atoms with van der Waals surface area (Å²) in [6, 6.07) is 0. The van der Waals surface area contributed by atoms with Gasteiger partial charge in [-0.3, -0.25) is 0 Å². The molecule has 68 valence electrons. The molecule has 0 spiro atoms. The van der Waals surface area contributed by atoms with Crippen molar-refractivity contribution >= 4 is 0 Å². The second-order valence-electron chi connectivity index (χ2n) is 3.28. The molecule has 1 atom stereocenters. The normalized spacial score (nSPS) is 19.0. The highest BCUT2D eigenvalue weighted by Crippen LogP contribution is 2.15. The fourth-order valence-corrected chi connectivity index (χ4v) is 1.17. The molecular weight excluding hydrogens is 152 g/mol. The van der Waals surface area contributed by atoms with Crippen molar-refractivity contribution in [3.63, 3.8) is 0 Å². The van der Waals surface area contributed by atoms with Gasteiger partial charge in [0.05, 0.1) is 19.3 Å². The first-order valence-corrected chi connectivity index (χ1v) is 4.29. The van der Waals surface area contributed by atoms with Crippen LogP contribution in [0.5, 0.6) is 0 Å². The lowest BCUT2D eigenvalue weighted by molar-refractivity contribution is 0.191. The number of hydrogen-bond donors (Lipinski definition) is 1. The number of hydrogen-bond acceptors (Lipinski definition) is 2. The molecule has 1 rings (SSSR count). The van der Waals surface area contributed by atoms with Gasteiger partial charge in [0.25, 0.3) is 0 Å². The summed E-state index contributed by atoms with van der Waals surface area (Å²) >= 11 is 0. The molecule has 1 aliphatic heterocycles. The van der Waals surface area contributed by atoms with E-state index in [2.05, 4.69) is 12.7 Å². The van der Waals surface area contributed by atoms with E-state index in [-0.39, 0.29) is 6.10 Å². The van der Waals surface area contributed by atoms with Gasteiger partial charge < -0.3 is 9.84 Å². The number of aliphatic hydroxyl groups excluding tert-OH is 1. The Kier molecular flexibility index (Phi) is 3.50. The molecule has 0 fully saturated rings. The Morgan fingerprint density at radius 3 is 3.08 bits per heavy atom. The zero-order valence-electron chi connectivity index (χ0n) is 7.55. The van der Waals surface area contributed by atoms with E-state index in [9.17, 15) is 5.11 Å². The summed E-state index contributed by atoms with van der Waals surface area (Å²) < 4.78 is 5.15. The van der Waals surface area contributed by atoms with Crippen LogP contribution in [0.3, 0.4) is 0 Å². The Balaban J connectivity index is 2.20. The third-order valence-corrected chi connectivity index (χ3v) is 2.09. The zero-order chi connectivity index (χ0) is 8.97. The van der Waals surface area contributed by atoms with Gasteiger partial charge in [-0.25, -0.2) is 0 Å². The van der Waals surface area contributed by atoms with Crippen LogP contribution in [0.15, 0.2) is 23.8 Å². The lowest BCUT2D eigenvalue weighted by Crippen LogP contribution is -2.07. The van der Waals surface area contributed by atoms with Gasteiger partial charge in [-0.15, -0.1) is 0 Å². The van der Waals surface area contributed by atoms with Crippen LogP contribution in [0, 0.1) is 0 Å². The molecule has 1 heterocycles. The van der Waals surface area contributed by atoms with Crippen molar-refractivity contribution in [1.82, 2.24) is 0 Å². The summed E-state index contributed by atoms with van der Waals surface area (Å²) in [6.07, 6.45) is 3.43. The van der Waals surface area contributed by atoms with Gasteiger partial charge in [0.2, 0.25) is 0 Å². The predicted octanol–water partition coefficient (Wildman–Crippen LogP) is 1.66. The van der Waals surface area contributed by atoms with Crippen LogP contribution in [0.25, 0.3) is 0 Å². The highest BCUT2D eigenvalue weighted by Gasteiger charge is 2.08. The van der Waals surface area contributed by atoms with E-state index < -0.39 is 0 Å². The van der Waals surface area contributed by atoms with E-state index in [0.717, 1.165) is 31.6 Å². The Morgan fingerprint density at radius 2 is 2.58 bits per heavy atom. The Bertz CT molecular complexity index is 194. The van der Waals surface area contributed by atoms with Gasteiger partial charge in [0, 0.05) is 0 Å². The first-order valence-electron chi connectivity index (χ1n) is 4.29. The van der Waals surface area contributed by atoms with Crippen LogP contribution in [-0.4, -0.2) is 24.4 Å². The molecule has 0 aromatic rings. The molecular formula is C10H16O2. The minimum atomic E-state index is -0.355. The summed E-state index contributed by atoms with van der Waals surface area (Å²) in [7, 11) is 0. The van der Waals surface area contributed by atoms with Crippen molar-refractivity contribution in [1.29, 1.82) is 0 Å². The summed E-state index contributed by atoms with van der Waals surface area (Å²) in [5.41, 5.74) is 2.14. The lowest BCUT2D eigenvalue weighted by atomic mass is 10.0. The quantitative estimate of drug-likeness (QED) is 0.647. The maximum Gasteiger partial charge on any atom is 0.0747 e. The second kappa shape index (κ2) is 4.43. The van der Waals surface area contributed by atoms with E-state index >= 15 is 0 Å². The molecule has 0 aliphatic carbocycles. The standard InChI is InChI=1S/C10H16O2/c1-8(2)10(11)4-3-9-5-6-12-7-9/h5,10-11H,1,3-4,6-7H2,2H3. The molecule has 0 radical (unpaired) electrons. The maximum atomic E-state index is 9.42. The highest BCUT2D eigenvalue weighted by molar-refractivity contribution is 5.08. The SMILES string of the molecule is C=C(C)C(O)CCC1=CCOC1. The average Bonchev–Trinajstić information content (AvgIpc) is 2.51. The van der Waals surface area contributed by atoms with Gasteiger partial charge in [-0.1, -0.05) is 18.2 Å². The summed E-state index contributed by atoms with van der Waals surface area (Å²) in [6.45, 7) is 7.02. The first-order chi connectivity index (χ1) is 5.70. The lowest BCUT2D eigenvalue weighted by Gasteiger charge is -2.09. The van der Waals surface area contributed by atoms with Crippen molar-refractivity contribution in [3.05, 3.63) is 23.8 Å². The Hall–Kier alpha value is -0.600. The molecule has 0 bridgehead atoms. The Morgan fingerprint density at radius 1 is 1.83 bits per heavy atom. The van der Waals surface area contributed by atoms with Crippen molar-refractivity contribution < 1.29 is 9.84 Å². The maximum absolute atomic E-state index is 9.42. The number of aliphatic hydroxyl groups is 1. The van der Waals surface area contributed by atoms with Gasteiger partial charge in [-0.05, 0) is 25.3 Å². The first kappa shape index (κ1) is 9.49.